The lowest BCUT2D eigenvalue weighted by Crippen LogP contribution is -2.34. The van der Waals surface area contributed by atoms with Gasteiger partial charge in [-0.1, -0.05) is 35.9 Å². The van der Waals surface area contributed by atoms with Gasteiger partial charge in [-0.2, -0.15) is 4.37 Å². The number of benzene rings is 1. The first-order valence-corrected chi connectivity index (χ1v) is 12.1. The number of hydrogen-bond acceptors (Lipinski definition) is 9. The number of anilines is 2. The first-order valence-electron chi connectivity index (χ1n) is 9.51. The minimum atomic E-state index is -3.86. The van der Waals surface area contributed by atoms with E-state index in [1.54, 1.807) is 0 Å². The van der Waals surface area contributed by atoms with E-state index in [1.165, 1.54) is 18.6 Å². The fourth-order valence-electron chi connectivity index (χ4n) is 3.00. The molecule has 0 aliphatic heterocycles. The topological polar surface area (TPSA) is 149 Å². The van der Waals surface area contributed by atoms with Crippen molar-refractivity contribution in [2.45, 2.75) is 30.8 Å². The minimum absolute atomic E-state index is 0.0705. The normalized spacial score (nSPS) is 13.5. The molecule has 2 heterocycles. The maximum Gasteiger partial charge on any atom is 0.265 e. The predicted octanol–water partition coefficient (Wildman–Crippen LogP) is 2.46. The van der Waals surface area contributed by atoms with E-state index >= 15 is 0 Å². The van der Waals surface area contributed by atoms with Crippen molar-refractivity contribution >= 4 is 44.1 Å². The molecule has 31 heavy (non-hydrogen) atoms. The highest BCUT2D eigenvalue weighted by molar-refractivity contribution is 7.93. The molecule has 2 atom stereocenters. The second-order valence-corrected chi connectivity index (χ2v) is 9.90. The number of pyridine rings is 1. The molecule has 0 aliphatic rings. The molecule has 0 amide bonds. The number of nitrogens with one attached hydrogen (secondary N) is 2. The van der Waals surface area contributed by atoms with Gasteiger partial charge in [-0.15, -0.1) is 0 Å². The Bertz CT molecular complexity index is 1110. The van der Waals surface area contributed by atoms with Gasteiger partial charge in [0.05, 0.1) is 5.02 Å². The molecule has 0 fully saturated rings. The zero-order valence-electron chi connectivity index (χ0n) is 16.8. The van der Waals surface area contributed by atoms with Crippen LogP contribution >= 0.6 is 23.1 Å². The van der Waals surface area contributed by atoms with Gasteiger partial charge in [-0.25, -0.2) is 18.4 Å². The Morgan fingerprint density at radius 1 is 1.23 bits per heavy atom. The summed E-state index contributed by atoms with van der Waals surface area (Å²) in [4.78, 5) is 7.93. The summed E-state index contributed by atoms with van der Waals surface area (Å²) in [6, 6.07) is 9.25. The Hall–Kier alpha value is -2.31. The maximum atomic E-state index is 12.5. The standard InChI is InChI=1S/C19H24ClN7O2S2/c1-12(22)15(6-13-4-2-3-5-14(13)8-21)9-23-18-17(20)7-16(10-24-18)31(28,29)27-19-25-11-26-30-19/h2-5,7,10-12,15H,6,8-9,21-22H2,1H3,(H,23,24)(H,25,26,27)/t12-,15+/m1/s1. The monoisotopic (exact) mass is 481 g/mol. The summed E-state index contributed by atoms with van der Waals surface area (Å²) in [5.41, 5.74) is 14.3. The molecule has 0 radical (unpaired) electrons. The van der Waals surface area contributed by atoms with Crippen LogP contribution in [0.15, 0.2) is 47.8 Å². The van der Waals surface area contributed by atoms with Gasteiger partial charge in [-0.3, -0.25) is 4.72 Å². The van der Waals surface area contributed by atoms with E-state index in [0.29, 0.717) is 18.9 Å². The van der Waals surface area contributed by atoms with Gasteiger partial charge in [0.25, 0.3) is 10.0 Å². The summed E-state index contributed by atoms with van der Waals surface area (Å²) in [5, 5.41) is 3.54. The largest absolute Gasteiger partial charge is 0.368 e. The van der Waals surface area contributed by atoms with E-state index in [-0.39, 0.29) is 27.0 Å². The van der Waals surface area contributed by atoms with Crippen LogP contribution in [0, 0.1) is 5.92 Å². The number of hydrogen-bond donors (Lipinski definition) is 4. The summed E-state index contributed by atoms with van der Waals surface area (Å²) in [5.74, 6) is 0.474. The lowest BCUT2D eigenvalue weighted by molar-refractivity contribution is 0.460. The molecule has 6 N–H and O–H groups in total. The Morgan fingerprint density at radius 2 is 1.97 bits per heavy atom. The van der Waals surface area contributed by atoms with E-state index < -0.39 is 10.0 Å². The van der Waals surface area contributed by atoms with Crippen LogP contribution in [0.5, 0.6) is 0 Å². The Balaban J connectivity index is 1.70. The second-order valence-electron chi connectivity index (χ2n) is 7.03. The maximum absolute atomic E-state index is 12.5. The first-order chi connectivity index (χ1) is 14.8. The van der Waals surface area contributed by atoms with Gasteiger partial charge in [0.15, 0.2) is 0 Å². The van der Waals surface area contributed by atoms with Crippen LogP contribution < -0.4 is 21.5 Å². The van der Waals surface area contributed by atoms with Crippen LogP contribution in [0.2, 0.25) is 5.02 Å². The quantitative estimate of drug-likeness (QED) is 0.345. The smallest absolute Gasteiger partial charge is 0.265 e. The van der Waals surface area contributed by atoms with Crippen molar-refractivity contribution in [1.82, 2.24) is 14.3 Å². The van der Waals surface area contributed by atoms with E-state index in [1.807, 2.05) is 31.2 Å². The molecule has 0 bridgehead atoms. The third-order valence-electron chi connectivity index (χ3n) is 4.81. The number of aromatic nitrogens is 3. The number of rotatable bonds is 10. The third-order valence-corrected chi connectivity index (χ3v) is 7.11. The predicted molar refractivity (Wildman–Crippen MR) is 124 cm³/mol. The molecule has 166 valence electrons. The molecule has 0 unspecified atom stereocenters. The molecule has 0 saturated heterocycles. The second kappa shape index (κ2) is 10.3. The molecule has 12 heteroatoms. The lowest BCUT2D eigenvalue weighted by Gasteiger charge is -2.23. The molecular formula is C19H24ClN7O2S2. The molecule has 2 aromatic heterocycles. The SMILES string of the molecule is C[C@@H](N)[C@H](CNc1ncc(S(=O)(=O)Nc2ncns2)cc1Cl)Cc1ccccc1CN. The van der Waals surface area contributed by atoms with E-state index in [0.717, 1.165) is 29.1 Å². The van der Waals surface area contributed by atoms with Crippen LogP contribution in [0.25, 0.3) is 0 Å². The fourth-order valence-corrected chi connectivity index (χ4v) is 4.93. The van der Waals surface area contributed by atoms with Crippen LogP contribution in [0.1, 0.15) is 18.1 Å². The van der Waals surface area contributed by atoms with Crippen molar-refractivity contribution in [3.8, 4) is 0 Å². The molecule has 9 nitrogen and oxygen atoms in total. The Labute approximate surface area is 190 Å². The average molecular weight is 482 g/mol. The molecule has 0 saturated carbocycles. The van der Waals surface area contributed by atoms with Crippen molar-refractivity contribution in [2.24, 2.45) is 17.4 Å². The van der Waals surface area contributed by atoms with Gasteiger partial charge >= 0.3 is 0 Å². The highest BCUT2D eigenvalue weighted by atomic mass is 35.5. The van der Waals surface area contributed by atoms with Gasteiger partial charge in [0.1, 0.15) is 17.0 Å². The van der Waals surface area contributed by atoms with E-state index in [2.05, 4.69) is 24.4 Å². The first kappa shape index (κ1) is 23.4. The fraction of sp³-hybridized carbons (Fsp3) is 0.316. The van der Waals surface area contributed by atoms with Crippen LogP contribution in [-0.4, -0.2) is 35.3 Å². The molecular weight excluding hydrogens is 458 g/mol. The Morgan fingerprint density at radius 3 is 2.58 bits per heavy atom. The molecule has 1 aromatic carbocycles. The van der Waals surface area contributed by atoms with Crippen LogP contribution in [0.4, 0.5) is 10.9 Å². The molecule has 3 rings (SSSR count). The molecule has 0 spiro atoms. The summed E-state index contributed by atoms with van der Waals surface area (Å²) in [7, 11) is -3.86. The van der Waals surface area contributed by atoms with Gasteiger partial charge in [0.2, 0.25) is 5.13 Å². The third kappa shape index (κ3) is 6.11. The van der Waals surface area contributed by atoms with E-state index in [9.17, 15) is 8.42 Å². The zero-order chi connectivity index (χ0) is 22.4. The zero-order valence-corrected chi connectivity index (χ0v) is 19.2. The minimum Gasteiger partial charge on any atom is -0.368 e. The van der Waals surface area contributed by atoms with Gasteiger partial charge < -0.3 is 16.8 Å². The molecule has 3 aromatic rings. The van der Waals surface area contributed by atoms with Gasteiger partial charge in [0, 0.05) is 36.9 Å². The van der Waals surface area contributed by atoms with E-state index in [4.69, 9.17) is 23.1 Å². The van der Waals surface area contributed by atoms with Crippen molar-refractivity contribution in [3.63, 3.8) is 0 Å². The number of nitrogens with zero attached hydrogens (tertiary/aromatic N) is 3. The highest BCUT2D eigenvalue weighted by Gasteiger charge is 2.20. The van der Waals surface area contributed by atoms with Crippen molar-refractivity contribution in [3.05, 3.63) is 59.0 Å². The number of sulfonamides is 1. The Kier molecular flexibility index (Phi) is 7.79. The molecule has 0 aliphatic carbocycles. The summed E-state index contributed by atoms with van der Waals surface area (Å²) in [6.07, 6.45) is 3.25. The summed E-state index contributed by atoms with van der Waals surface area (Å²) >= 11 is 7.23. The van der Waals surface area contributed by atoms with Crippen molar-refractivity contribution < 1.29 is 8.42 Å². The van der Waals surface area contributed by atoms with Gasteiger partial charge in [-0.05, 0) is 36.5 Å². The van der Waals surface area contributed by atoms with Crippen LogP contribution in [0.3, 0.4) is 0 Å². The summed E-state index contributed by atoms with van der Waals surface area (Å²) in [6.45, 7) is 2.92. The van der Waals surface area contributed by atoms with Crippen molar-refractivity contribution in [1.29, 1.82) is 0 Å². The highest BCUT2D eigenvalue weighted by Crippen LogP contribution is 2.25. The number of nitrogens with two attached hydrogens (primary N) is 2. The van der Waals surface area contributed by atoms with Crippen molar-refractivity contribution in [2.75, 3.05) is 16.6 Å². The number of halogens is 1. The lowest BCUT2D eigenvalue weighted by atomic mass is 9.91. The summed E-state index contributed by atoms with van der Waals surface area (Å²) < 4.78 is 31.0. The van der Waals surface area contributed by atoms with Crippen LogP contribution in [-0.2, 0) is 23.0 Å². The average Bonchev–Trinajstić information content (AvgIpc) is 3.24.